The highest BCUT2D eigenvalue weighted by Crippen LogP contribution is 2.10. The maximum atomic E-state index is 2.27. The van der Waals surface area contributed by atoms with Gasteiger partial charge in [0.15, 0.2) is 0 Å². The number of nitrogens with two attached hydrogens (primary N) is 1. The summed E-state index contributed by atoms with van der Waals surface area (Å²) in [5, 5.41) is 2.19. The first kappa shape index (κ1) is 7.94. The van der Waals surface area contributed by atoms with E-state index in [9.17, 15) is 0 Å². The van der Waals surface area contributed by atoms with Crippen LogP contribution in [-0.2, 0) is 0 Å². The van der Waals surface area contributed by atoms with Crippen molar-refractivity contribution in [2.45, 2.75) is 6.92 Å². The molecule has 1 aliphatic heterocycles. The highest BCUT2D eigenvalue weighted by Gasteiger charge is 2.04. The summed E-state index contributed by atoms with van der Waals surface area (Å²) in [4.78, 5) is 0. The normalized spacial score (nSPS) is 21.4. The molecule has 0 fully saturated rings. The van der Waals surface area contributed by atoms with Crippen LogP contribution in [0, 0.1) is 0 Å². The molecule has 0 aromatic carbocycles. The second-order valence-corrected chi connectivity index (χ2v) is 3.89. The predicted molar refractivity (Wildman–Crippen MR) is 52.7 cm³/mol. The fourth-order valence-corrected chi connectivity index (χ4v) is 2.54. The number of rotatable bonds is 1. The van der Waals surface area contributed by atoms with Crippen molar-refractivity contribution in [2.24, 2.45) is 0 Å². The molecule has 0 saturated heterocycles. The van der Waals surface area contributed by atoms with Gasteiger partial charge in [0.05, 0.1) is 16.9 Å². The van der Waals surface area contributed by atoms with Crippen LogP contribution in [0.25, 0.3) is 0 Å². The van der Waals surface area contributed by atoms with Crippen LogP contribution < -0.4 is 5.43 Å². The Morgan fingerprint density at radius 3 is 3.00 bits per heavy atom. The highest BCUT2D eigenvalue weighted by molar-refractivity contribution is 14.2. The smallest absolute Gasteiger partial charge is 0.0905 e. The van der Waals surface area contributed by atoms with E-state index < -0.39 is 0 Å². The van der Waals surface area contributed by atoms with Gasteiger partial charge in [-0.15, -0.1) is 0 Å². The SMILES string of the molecule is CC=C1C=CI=CN1[NH2+]C. The number of quaternary nitrogens is 1. The van der Waals surface area contributed by atoms with E-state index >= 15 is 0 Å². The molecule has 1 aliphatic rings. The van der Waals surface area contributed by atoms with Crippen LogP contribution in [0.4, 0.5) is 0 Å². The molecule has 1 rings (SSSR count). The van der Waals surface area contributed by atoms with E-state index in [0.29, 0.717) is 0 Å². The van der Waals surface area contributed by atoms with Crippen molar-refractivity contribution in [1.82, 2.24) is 5.01 Å². The topological polar surface area (TPSA) is 19.9 Å². The van der Waals surface area contributed by atoms with Gasteiger partial charge in [0.25, 0.3) is 0 Å². The molecule has 56 valence electrons. The van der Waals surface area contributed by atoms with Crippen LogP contribution in [0.1, 0.15) is 6.92 Å². The zero-order valence-electron chi connectivity index (χ0n) is 6.21. The molecule has 2 N–H and O–H groups in total. The molecular weight excluding hydrogens is 239 g/mol. The van der Waals surface area contributed by atoms with Crippen molar-refractivity contribution >= 4 is 24.9 Å². The van der Waals surface area contributed by atoms with Crippen molar-refractivity contribution in [1.29, 1.82) is 0 Å². The number of hydrogen-bond acceptors (Lipinski definition) is 1. The van der Waals surface area contributed by atoms with Gasteiger partial charge in [-0.3, -0.25) is 0 Å². The third-order valence-electron chi connectivity index (χ3n) is 1.34. The third kappa shape index (κ3) is 1.67. The number of allylic oxidation sites excluding steroid dienone is 2. The van der Waals surface area contributed by atoms with Gasteiger partial charge < -0.3 is 0 Å². The molecule has 0 radical (unpaired) electrons. The molecule has 3 heteroatoms. The van der Waals surface area contributed by atoms with Crippen LogP contribution in [0.3, 0.4) is 0 Å². The Hall–Kier alpha value is -0.160. The van der Waals surface area contributed by atoms with E-state index in [1.165, 1.54) is 5.70 Å². The first-order valence-electron chi connectivity index (χ1n) is 3.24. The molecular formula is C7H12IN2+. The van der Waals surface area contributed by atoms with Crippen molar-refractivity contribution in [3.8, 4) is 0 Å². The Balaban J connectivity index is 2.74. The molecule has 0 aromatic rings. The molecule has 0 aromatic heterocycles. The number of halogens is 1. The van der Waals surface area contributed by atoms with Gasteiger partial charge in [0.2, 0.25) is 0 Å². The van der Waals surface area contributed by atoms with E-state index in [4.69, 9.17) is 0 Å². The quantitative estimate of drug-likeness (QED) is 0.533. The predicted octanol–water partition coefficient (Wildman–Crippen LogP) is 0.558. The van der Waals surface area contributed by atoms with Crippen LogP contribution in [-0.4, -0.2) is 16.2 Å². The van der Waals surface area contributed by atoms with Gasteiger partial charge in [-0.25, -0.2) is 5.43 Å². The summed E-state index contributed by atoms with van der Waals surface area (Å²) in [6.07, 6.45) is 4.31. The second kappa shape index (κ2) is 3.88. The van der Waals surface area contributed by atoms with Gasteiger partial charge in [0.1, 0.15) is 0 Å². The van der Waals surface area contributed by atoms with E-state index in [1.54, 1.807) is 0 Å². The van der Waals surface area contributed by atoms with Crippen molar-refractivity contribution < 1.29 is 5.43 Å². The maximum Gasteiger partial charge on any atom is 0.0905 e. The molecule has 0 bridgehead atoms. The lowest BCUT2D eigenvalue weighted by Crippen LogP contribution is -2.89. The first-order valence-corrected chi connectivity index (χ1v) is 5.73. The number of hydrogen-bond donors (Lipinski definition) is 1. The van der Waals surface area contributed by atoms with Crippen molar-refractivity contribution in [3.63, 3.8) is 0 Å². The Bertz CT molecular complexity index is 194. The maximum absolute atomic E-state index is 2.27. The van der Waals surface area contributed by atoms with Crippen LogP contribution >= 0.6 is 20.7 Å². The summed E-state index contributed by atoms with van der Waals surface area (Å²) in [5.74, 6) is 0. The van der Waals surface area contributed by atoms with Gasteiger partial charge in [0, 0.05) is 0 Å². The minimum Gasteiger partial charge on any atom is -0.241 e. The molecule has 0 unspecified atom stereocenters. The minimum atomic E-state index is 0.183. The van der Waals surface area contributed by atoms with Gasteiger partial charge in [-0.2, -0.15) is 5.01 Å². The molecule has 0 amide bonds. The summed E-state index contributed by atoms with van der Waals surface area (Å²) < 4.78 is 4.54. The molecule has 0 atom stereocenters. The number of nitrogens with zero attached hydrogens (tertiary/aromatic N) is 1. The molecule has 1 heterocycles. The van der Waals surface area contributed by atoms with E-state index in [0.717, 1.165) is 0 Å². The summed E-state index contributed by atoms with van der Waals surface area (Å²) in [5.41, 5.74) is 3.38. The molecule has 0 saturated carbocycles. The van der Waals surface area contributed by atoms with Crippen molar-refractivity contribution in [3.05, 3.63) is 21.9 Å². The van der Waals surface area contributed by atoms with Gasteiger partial charge in [-0.05, 0) is 17.1 Å². The van der Waals surface area contributed by atoms with Gasteiger partial charge in [-0.1, -0.05) is 26.8 Å². The van der Waals surface area contributed by atoms with Crippen LogP contribution in [0.5, 0.6) is 0 Å². The Morgan fingerprint density at radius 2 is 2.50 bits per heavy atom. The Labute approximate surface area is 71.3 Å². The molecule has 0 spiro atoms. The zero-order chi connectivity index (χ0) is 7.40. The van der Waals surface area contributed by atoms with Crippen molar-refractivity contribution in [2.75, 3.05) is 7.05 Å². The van der Waals surface area contributed by atoms with E-state index in [-0.39, 0.29) is 20.7 Å². The van der Waals surface area contributed by atoms with Gasteiger partial charge >= 0.3 is 0 Å². The lowest BCUT2D eigenvalue weighted by Gasteiger charge is -2.16. The summed E-state index contributed by atoms with van der Waals surface area (Å²) in [6, 6.07) is 0. The van der Waals surface area contributed by atoms with E-state index in [1.807, 2.05) is 0 Å². The van der Waals surface area contributed by atoms with E-state index in [2.05, 4.69) is 44.8 Å². The third-order valence-corrected chi connectivity index (χ3v) is 3.04. The Kier molecular flexibility index (Phi) is 3.08. The standard InChI is InChI=1S/C7H11IN2/c1-3-7-4-5-8-6-10(7)9-2/h3-6,9H,1-2H3/p+1. The lowest BCUT2D eigenvalue weighted by atomic mass is 10.4. The average Bonchev–Trinajstić information content (AvgIpc) is 2.04. The minimum absolute atomic E-state index is 0.183. The average molecular weight is 251 g/mol. The molecule has 2 nitrogen and oxygen atoms in total. The fraction of sp³-hybridized carbons (Fsp3) is 0.286. The van der Waals surface area contributed by atoms with Crippen LogP contribution in [0.2, 0.25) is 0 Å². The zero-order valence-corrected chi connectivity index (χ0v) is 8.37. The monoisotopic (exact) mass is 251 g/mol. The fourth-order valence-electron chi connectivity index (χ4n) is 0.787. The van der Waals surface area contributed by atoms with Crippen LogP contribution in [0.15, 0.2) is 21.9 Å². The molecule has 10 heavy (non-hydrogen) atoms. The second-order valence-electron chi connectivity index (χ2n) is 1.90. The largest absolute Gasteiger partial charge is 0.241 e. The molecule has 0 aliphatic carbocycles. The first-order chi connectivity index (χ1) is 4.88. The summed E-state index contributed by atoms with van der Waals surface area (Å²) >= 11 is 0.183. The summed E-state index contributed by atoms with van der Waals surface area (Å²) in [6.45, 7) is 2.06. The lowest BCUT2D eigenvalue weighted by molar-refractivity contribution is -0.749. The Morgan fingerprint density at radius 1 is 1.70 bits per heavy atom. The summed E-state index contributed by atoms with van der Waals surface area (Å²) in [7, 11) is 2.06. The highest BCUT2D eigenvalue weighted by atomic mass is 127.